The van der Waals surface area contributed by atoms with Crippen LogP contribution in [0, 0.1) is 0 Å². The van der Waals surface area contributed by atoms with E-state index in [1.165, 1.54) is 13.2 Å². The molecule has 0 spiro atoms. The van der Waals surface area contributed by atoms with Crippen molar-refractivity contribution >= 4 is 29.4 Å². The number of imide groups is 1. The normalized spacial score (nSPS) is 21.1. The number of carbonyl (C=O) groups excluding carboxylic acids is 4. The van der Waals surface area contributed by atoms with Crippen molar-refractivity contribution in [1.82, 2.24) is 15.5 Å². The van der Waals surface area contributed by atoms with Crippen LogP contribution in [0.2, 0.25) is 0 Å². The average molecular weight is 396 g/mol. The van der Waals surface area contributed by atoms with Gasteiger partial charge in [0.15, 0.2) is 5.54 Å². The van der Waals surface area contributed by atoms with E-state index >= 15 is 0 Å². The molecule has 150 valence electrons. The molecule has 9 nitrogen and oxygen atoms in total. The number of carbonyl (C=O) groups is 4. The zero-order chi connectivity index (χ0) is 20.6. The van der Waals surface area contributed by atoms with Gasteiger partial charge in [-0.25, -0.2) is 4.79 Å². The second kappa shape index (κ2) is 7.08. The van der Waals surface area contributed by atoms with Gasteiger partial charge in [0, 0.05) is 6.04 Å². The predicted molar refractivity (Wildman–Crippen MR) is 102 cm³/mol. The number of para-hydroxylation sites is 1. The summed E-state index contributed by atoms with van der Waals surface area (Å²) in [5.74, 6) is -1.18. The first-order valence-corrected chi connectivity index (χ1v) is 9.26. The second-order valence-corrected chi connectivity index (χ2v) is 7.27. The van der Waals surface area contributed by atoms with Gasteiger partial charge >= 0.3 is 6.03 Å². The number of benzene rings is 1. The van der Waals surface area contributed by atoms with Gasteiger partial charge in [-0.15, -0.1) is 0 Å². The van der Waals surface area contributed by atoms with E-state index in [1.807, 2.05) is 0 Å². The maximum absolute atomic E-state index is 12.8. The van der Waals surface area contributed by atoms with Crippen LogP contribution in [0.5, 0.6) is 0 Å². The molecule has 2 fully saturated rings. The van der Waals surface area contributed by atoms with Crippen LogP contribution >= 0.6 is 0 Å². The van der Waals surface area contributed by atoms with E-state index in [2.05, 4.69) is 16.0 Å². The van der Waals surface area contributed by atoms with Crippen LogP contribution in [-0.4, -0.2) is 41.2 Å². The summed E-state index contributed by atoms with van der Waals surface area (Å²) in [4.78, 5) is 50.8. The molecule has 29 heavy (non-hydrogen) atoms. The van der Waals surface area contributed by atoms with E-state index in [9.17, 15) is 19.2 Å². The molecular weight excluding hydrogens is 376 g/mol. The summed E-state index contributed by atoms with van der Waals surface area (Å²) in [6, 6.07) is 9.26. The number of hydrogen-bond donors (Lipinski definition) is 3. The van der Waals surface area contributed by atoms with Crippen molar-refractivity contribution in [3.05, 3.63) is 54.0 Å². The van der Waals surface area contributed by atoms with Crippen molar-refractivity contribution in [2.24, 2.45) is 0 Å². The summed E-state index contributed by atoms with van der Waals surface area (Å²) in [5.41, 5.74) is -0.731. The molecule has 1 unspecified atom stereocenters. The number of furan rings is 1. The Morgan fingerprint density at radius 2 is 1.97 bits per heavy atom. The summed E-state index contributed by atoms with van der Waals surface area (Å²) >= 11 is 0. The second-order valence-electron chi connectivity index (χ2n) is 7.27. The molecule has 1 aromatic heterocycles. The molecule has 1 saturated carbocycles. The first kappa shape index (κ1) is 18.7. The lowest BCUT2D eigenvalue weighted by Crippen LogP contribution is -2.42. The molecule has 1 aliphatic carbocycles. The molecule has 2 aliphatic rings. The zero-order valence-corrected chi connectivity index (χ0v) is 15.7. The molecular formula is C20H20N4O5. The molecule has 1 aliphatic heterocycles. The maximum atomic E-state index is 12.8. The van der Waals surface area contributed by atoms with Crippen LogP contribution in [0.3, 0.4) is 0 Å². The van der Waals surface area contributed by atoms with Gasteiger partial charge in [-0.3, -0.25) is 19.3 Å². The molecule has 1 aromatic carbocycles. The summed E-state index contributed by atoms with van der Waals surface area (Å²) in [6.45, 7) is 1.03. The van der Waals surface area contributed by atoms with Gasteiger partial charge in [0.1, 0.15) is 12.3 Å². The lowest BCUT2D eigenvalue weighted by Gasteiger charge is -2.19. The van der Waals surface area contributed by atoms with Gasteiger partial charge in [-0.05, 0) is 44.0 Å². The summed E-state index contributed by atoms with van der Waals surface area (Å²) in [5, 5.41) is 8.05. The van der Waals surface area contributed by atoms with Gasteiger partial charge < -0.3 is 20.4 Å². The van der Waals surface area contributed by atoms with Crippen molar-refractivity contribution in [2.75, 3.05) is 11.9 Å². The van der Waals surface area contributed by atoms with Gasteiger partial charge in [0.05, 0.1) is 17.5 Å². The summed E-state index contributed by atoms with van der Waals surface area (Å²) < 4.78 is 5.26. The van der Waals surface area contributed by atoms with Crippen molar-refractivity contribution in [3.8, 4) is 0 Å². The number of amides is 5. The highest BCUT2D eigenvalue weighted by atomic mass is 16.3. The molecule has 5 amide bonds. The fourth-order valence-corrected chi connectivity index (χ4v) is 3.18. The minimum Gasteiger partial charge on any atom is -0.466 e. The maximum Gasteiger partial charge on any atom is 0.325 e. The van der Waals surface area contributed by atoms with E-state index in [-0.39, 0.29) is 17.7 Å². The highest BCUT2D eigenvalue weighted by Crippen LogP contribution is 2.29. The predicted octanol–water partition coefficient (Wildman–Crippen LogP) is 1.58. The van der Waals surface area contributed by atoms with Crippen LogP contribution in [0.15, 0.2) is 47.1 Å². The average Bonchev–Trinajstić information content (AvgIpc) is 3.26. The highest BCUT2D eigenvalue weighted by molar-refractivity contribution is 6.11. The molecule has 3 N–H and O–H groups in total. The lowest BCUT2D eigenvalue weighted by molar-refractivity contribution is -0.134. The Bertz CT molecular complexity index is 983. The molecule has 1 atom stereocenters. The van der Waals surface area contributed by atoms with E-state index in [4.69, 9.17) is 4.42 Å². The fourth-order valence-electron chi connectivity index (χ4n) is 3.18. The van der Waals surface area contributed by atoms with Gasteiger partial charge in [-0.1, -0.05) is 12.1 Å². The number of rotatable bonds is 6. The van der Waals surface area contributed by atoms with E-state index in [0.717, 1.165) is 17.7 Å². The minimum absolute atomic E-state index is 0.177. The van der Waals surface area contributed by atoms with E-state index < -0.39 is 29.9 Å². The van der Waals surface area contributed by atoms with Crippen LogP contribution in [0.4, 0.5) is 10.5 Å². The molecule has 2 heterocycles. The number of anilines is 1. The standard InChI is InChI=1S/C20H20N4O5/c1-20(15-7-4-10-29-15)18(27)24(19(28)23-20)11-16(25)22-14-6-3-2-5-13(14)17(26)21-12-8-9-12/h2-7,10,12H,8-9,11H2,1H3,(H,21,26)(H,22,25)(H,23,28). The van der Waals surface area contributed by atoms with Crippen LogP contribution < -0.4 is 16.0 Å². The van der Waals surface area contributed by atoms with Crippen molar-refractivity contribution in [3.63, 3.8) is 0 Å². The van der Waals surface area contributed by atoms with Crippen LogP contribution in [-0.2, 0) is 15.1 Å². The van der Waals surface area contributed by atoms with Crippen molar-refractivity contribution < 1.29 is 23.6 Å². The SMILES string of the molecule is CC1(c2ccco2)NC(=O)N(CC(=O)Nc2ccccc2C(=O)NC2CC2)C1=O. The molecule has 0 bridgehead atoms. The smallest absolute Gasteiger partial charge is 0.325 e. The molecule has 9 heteroatoms. The Balaban J connectivity index is 1.46. The first-order chi connectivity index (χ1) is 13.9. The van der Waals surface area contributed by atoms with E-state index in [0.29, 0.717) is 11.3 Å². The quantitative estimate of drug-likeness (QED) is 0.640. The lowest BCUT2D eigenvalue weighted by atomic mass is 9.99. The Hall–Kier alpha value is -3.62. The molecule has 4 rings (SSSR count). The first-order valence-electron chi connectivity index (χ1n) is 9.26. The van der Waals surface area contributed by atoms with Crippen LogP contribution in [0.1, 0.15) is 35.9 Å². The number of nitrogens with one attached hydrogen (secondary N) is 3. The monoisotopic (exact) mass is 396 g/mol. The van der Waals surface area contributed by atoms with Crippen molar-refractivity contribution in [2.45, 2.75) is 31.3 Å². The molecule has 1 saturated heterocycles. The van der Waals surface area contributed by atoms with Crippen LogP contribution in [0.25, 0.3) is 0 Å². The third-order valence-electron chi connectivity index (χ3n) is 4.95. The Kier molecular flexibility index (Phi) is 4.57. The molecule has 2 aromatic rings. The zero-order valence-electron chi connectivity index (χ0n) is 15.7. The molecule has 0 radical (unpaired) electrons. The topological polar surface area (TPSA) is 121 Å². The summed E-state index contributed by atoms with van der Waals surface area (Å²) in [7, 11) is 0. The Morgan fingerprint density at radius 1 is 1.21 bits per heavy atom. The van der Waals surface area contributed by atoms with Gasteiger partial charge in [0.2, 0.25) is 5.91 Å². The largest absolute Gasteiger partial charge is 0.466 e. The highest BCUT2D eigenvalue weighted by Gasteiger charge is 2.51. The third-order valence-corrected chi connectivity index (χ3v) is 4.95. The van der Waals surface area contributed by atoms with Gasteiger partial charge in [0.25, 0.3) is 11.8 Å². The number of nitrogens with zero attached hydrogens (tertiary/aromatic N) is 1. The van der Waals surface area contributed by atoms with E-state index in [1.54, 1.807) is 36.4 Å². The third kappa shape index (κ3) is 3.58. The Labute approximate surface area is 166 Å². The summed E-state index contributed by atoms with van der Waals surface area (Å²) in [6.07, 6.45) is 3.29. The van der Waals surface area contributed by atoms with Gasteiger partial charge in [-0.2, -0.15) is 0 Å². The minimum atomic E-state index is -1.37. The fraction of sp³-hybridized carbons (Fsp3) is 0.300. The number of hydrogen-bond acceptors (Lipinski definition) is 5. The van der Waals surface area contributed by atoms with Crippen molar-refractivity contribution in [1.29, 1.82) is 0 Å². The Morgan fingerprint density at radius 3 is 2.66 bits per heavy atom. The number of urea groups is 1.